The number of benzene rings is 2. The van der Waals surface area contributed by atoms with Gasteiger partial charge in [0.25, 0.3) is 5.91 Å². The van der Waals surface area contributed by atoms with Gasteiger partial charge in [0.15, 0.2) is 0 Å². The van der Waals surface area contributed by atoms with Crippen LogP contribution in [0.25, 0.3) is 0 Å². The van der Waals surface area contributed by atoms with Crippen molar-refractivity contribution in [3.63, 3.8) is 0 Å². The van der Waals surface area contributed by atoms with Crippen molar-refractivity contribution in [3.05, 3.63) is 95.3 Å². The molecule has 4 rings (SSSR count). The Kier molecular flexibility index (Phi) is 5.20. The summed E-state index contributed by atoms with van der Waals surface area (Å²) >= 11 is 0. The smallest absolute Gasteiger partial charge is 0.255 e. The van der Waals surface area contributed by atoms with E-state index in [0.29, 0.717) is 18.7 Å². The van der Waals surface area contributed by atoms with Crippen LogP contribution in [-0.2, 0) is 13.1 Å². The summed E-state index contributed by atoms with van der Waals surface area (Å²) in [6.07, 6.45) is 3.19. The number of hydrogen-bond donors (Lipinski definition) is 1. The summed E-state index contributed by atoms with van der Waals surface area (Å²) in [6, 6.07) is 17.4. The molecule has 2 heterocycles. The molecule has 0 saturated carbocycles. The molecule has 4 aromatic rings. The highest BCUT2D eigenvalue weighted by molar-refractivity contribution is 6.04. The van der Waals surface area contributed by atoms with Crippen LogP contribution in [0.15, 0.2) is 67.3 Å². The summed E-state index contributed by atoms with van der Waals surface area (Å²) in [5.74, 6) is -0.135. The highest BCUT2D eigenvalue weighted by Crippen LogP contribution is 2.14. The van der Waals surface area contributed by atoms with Crippen molar-refractivity contribution in [2.75, 3.05) is 5.32 Å². The van der Waals surface area contributed by atoms with Crippen molar-refractivity contribution >= 4 is 11.6 Å². The van der Waals surface area contributed by atoms with Gasteiger partial charge in [0.05, 0.1) is 18.8 Å². The molecule has 29 heavy (non-hydrogen) atoms. The Morgan fingerprint density at radius 2 is 1.83 bits per heavy atom. The highest BCUT2D eigenvalue weighted by atomic mass is 16.1. The number of nitrogens with zero attached hydrogens (tertiary/aromatic N) is 5. The van der Waals surface area contributed by atoms with Gasteiger partial charge in [-0.3, -0.25) is 9.48 Å². The molecule has 0 unspecified atom stereocenters. The van der Waals surface area contributed by atoms with E-state index in [2.05, 4.69) is 20.5 Å². The summed E-state index contributed by atoms with van der Waals surface area (Å²) in [6.45, 7) is 5.29. The number of carbonyl (C=O) groups is 1. The molecule has 1 amide bonds. The Morgan fingerprint density at radius 3 is 2.52 bits per heavy atom. The first-order chi connectivity index (χ1) is 14.1. The second kappa shape index (κ2) is 8.10. The molecule has 2 aromatic heterocycles. The van der Waals surface area contributed by atoms with Crippen molar-refractivity contribution in [1.29, 1.82) is 0 Å². The average molecular weight is 386 g/mol. The van der Waals surface area contributed by atoms with Crippen molar-refractivity contribution in [1.82, 2.24) is 24.5 Å². The van der Waals surface area contributed by atoms with Gasteiger partial charge in [0.1, 0.15) is 12.7 Å². The summed E-state index contributed by atoms with van der Waals surface area (Å²) in [5, 5.41) is 11.5. The monoisotopic (exact) mass is 386 g/mol. The molecule has 1 N–H and O–H groups in total. The van der Waals surface area contributed by atoms with Gasteiger partial charge in [-0.1, -0.05) is 24.3 Å². The Morgan fingerprint density at radius 1 is 1.00 bits per heavy atom. The minimum atomic E-state index is -0.135. The van der Waals surface area contributed by atoms with Gasteiger partial charge in [-0.2, -0.15) is 10.2 Å². The molecule has 0 spiro atoms. The Labute approximate surface area is 169 Å². The van der Waals surface area contributed by atoms with Crippen molar-refractivity contribution in [2.45, 2.75) is 26.9 Å². The minimum Gasteiger partial charge on any atom is -0.322 e. The first-order valence-electron chi connectivity index (χ1n) is 9.39. The molecule has 7 nitrogen and oxygen atoms in total. The molecule has 7 heteroatoms. The number of aryl methyl sites for hydroxylation is 2. The molecule has 0 aliphatic carbocycles. The molecule has 0 fully saturated rings. The number of hydrogen-bond acceptors (Lipinski definition) is 4. The van der Waals surface area contributed by atoms with Crippen LogP contribution in [0, 0.1) is 13.8 Å². The standard InChI is InChI=1S/C22H22N6O/c1-16-10-17(2)28(26-16)13-19-4-3-5-20(11-19)22(29)25-21-8-6-18(7-9-21)12-27-15-23-14-24-27/h3-11,14-15H,12-13H2,1-2H3,(H,25,29). The molecular weight excluding hydrogens is 364 g/mol. The van der Waals surface area contributed by atoms with Gasteiger partial charge in [-0.15, -0.1) is 0 Å². The molecule has 0 aliphatic heterocycles. The third-order valence-electron chi connectivity index (χ3n) is 4.65. The predicted octanol–water partition coefficient (Wildman–Crippen LogP) is 3.44. The fourth-order valence-corrected chi connectivity index (χ4v) is 3.22. The largest absolute Gasteiger partial charge is 0.322 e. The van der Waals surface area contributed by atoms with Crippen LogP contribution in [0.1, 0.15) is 32.9 Å². The fourth-order valence-electron chi connectivity index (χ4n) is 3.22. The van der Waals surface area contributed by atoms with E-state index < -0.39 is 0 Å². The molecule has 0 saturated heterocycles. The zero-order valence-corrected chi connectivity index (χ0v) is 16.4. The van der Waals surface area contributed by atoms with Gasteiger partial charge in [-0.05, 0) is 55.3 Å². The molecular formula is C22H22N6O. The maximum atomic E-state index is 12.7. The van der Waals surface area contributed by atoms with Gasteiger partial charge in [-0.25, -0.2) is 9.67 Å². The summed E-state index contributed by atoms with van der Waals surface area (Å²) in [4.78, 5) is 16.6. The molecule has 2 aromatic carbocycles. The van der Waals surface area contributed by atoms with Crippen LogP contribution >= 0.6 is 0 Å². The number of anilines is 1. The number of nitrogens with one attached hydrogen (secondary N) is 1. The SMILES string of the molecule is Cc1cc(C)n(Cc2cccc(C(=O)Nc3ccc(Cn4cncn4)cc3)c2)n1. The summed E-state index contributed by atoms with van der Waals surface area (Å²) < 4.78 is 3.70. The molecule has 0 atom stereocenters. The normalized spacial score (nSPS) is 10.8. The van der Waals surface area contributed by atoms with Crippen molar-refractivity contribution < 1.29 is 4.79 Å². The third kappa shape index (κ3) is 4.57. The fraction of sp³-hybridized carbons (Fsp3) is 0.182. The van der Waals surface area contributed by atoms with E-state index in [1.165, 1.54) is 6.33 Å². The third-order valence-corrected chi connectivity index (χ3v) is 4.65. The average Bonchev–Trinajstić information content (AvgIpc) is 3.33. The number of rotatable bonds is 6. The van der Waals surface area contributed by atoms with E-state index in [1.807, 2.05) is 73.1 Å². The van der Waals surface area contributed by atoms with Crippen LogP contribution < -0.4 is 5.32 Å². The van der Waals surface area contributed by atoms with Crippen LogP contribution in [0.2, 0.25) is 0 Å². The molecule has 0 radical (unpaired) electrons. The summed E-state index contributed by atoms with van der Waals surface area (Å²) in [5.41, 5.74) is 5.58. The zero-order valence-electron chi connectivity index (χ0n) is 16.4. The van der Waals surface area contributed by atoms with Gasteiger partial charge in [0, 0.05) is 16.9 Å². The zero-order chi connectivity index (χ0) is 20.2. The lowest BCUT2D eigenvalue weighted by Crippen LogP contribution is -2.13. The van der Waals surface area contributed by atoms with Crippen molar-refractivity contribution in [3.8, 4) is 0 Å². The first kappa shape index (κ1) is 18.6. The molecule has 0 aliphatic rings. The van der Waals surface area contributed by atoms with E-state index in [4.69, 9.17) is 0 Å². The van der Waals surface area contributed by atoms with Crippen LogP contribution in [-0.4, -0.2) is 30.5 Å². The van der Waals surface area contributed by atoms with E-state index in [1.54, 1.807) is 11.0 Å². The highest BCUT2D eigenvalue weighted by Gasteiger charge is 2.09. The van der Waals surface area contributed by atoms with Gasteiger partial charge >= 0.3 is 0 Å². The minimum absolute atomic E-state index is 0.135. The molecule has 146 valence electrons. The van der Waals surface area contributed by atoms with E-state index in [9.17, 15) is 4.79 Å². The van der Waals surface area contributed by atoms with Crippen LogP contribution in [0.3, 0.4) is 0 Å². The second-order valence-corrected chi connectivity index (χ2v) is 7.03. The lowest BCUT2D eigenvalue weighted by Gasteiger charge is -2.09. The Balaban J connectivity index is 1.42. The first-order valence-corrected chi connectivity index (χ1v) is 9.39. The maximum Gasteiger partial charge on any atom is 0.255 e. The number of amides is 1. The van der Waals surface area contributed by atoms with Crippen LogP contribution in [0.4, 0.5) is 5.69 Å². The summed E-state index contributed by atoms with van der Waals surface area (Å²) in [7, 11) is 0. The number of carbonyl (C=O) groups excluding carboxylic acids is 1. The van der Waals surface area contributed by atoms with Gasteiger partial charge in [0.2, 0.25) is 0 Å². The second-order valence-electron chi connectivity index (χ2n) is 7.03. The number of aromatic nitrogens is 5. The molecule has 0 bridgehead atoms. The van der Waals surface area contributed by atoms with Crippen LogP contribution in [0.5, 0.6) is 0 Å². The van der Waals surface area contributed by atoms with E-state index in [0.717, 1.165) is 28.2 Å². The topological polar surface area (TPSA) is 77.6 Å². The maximum absolute atomic E-state index is 12.7. The van der Waals surface area contributed by atoms with E-state index in [-0.39, 0.29) is 5.91 Å². The Bertz CT molecular complexity index is 1110. The van der Waals surface area contributed by atoms with Crippen molar-refractivity contribution in [2.24, 2.45) is 0 Å². The lowest BCUT2D eigenvalue weighted by molar-refractivity contribution is 0.102. The predicted molar refractivity (Wildman–Crippen MR) is 111 cm³/mol. The quantitative estimate of drug-likeness (QED) is 0.551. The Hall–Kier alpha value is -3.74. The van der Waals surface area contributed by atoms with E-state index >= 15 is 0 Å². The lowest BCUT2D eigenvalue weighted by atomic mass is 10.1. The van der Waals surface area contributed by atoms with Gasteiger partial charge < -0.3 is 5.32 Å².